The van der Waals surface area contributed by atoms with Crippen molar-refractivity contribution in [2.45, 2.75) is 13.8 Å². The average Bonchev–Trinajstić information content (AvgIpc) is 2.15. The van der Waals surface area contributed by atoms with E-state index in [4.69, 9.17) is 0 Å². The maximum absolute atomic E-state index is 2.08. The second-order valence-corrected chi connectivity index (χ2v) is 4.67. The molecule has 0 saturated carbocycles. The van der Waals surface area contributed by atoms with Crippen molar-refractivity contribution in [1.29, 1.82) is 0 Å². The van der Waals surface area contributed by atoms with Gasteiger partial charge in [0.1, 0.15) is 0 Å². The standard InChI is InChI=1S/2C6H15N2/c2*1-6(7(2)3)8(4)5/h2*1-5H3/q2*+1. The van der Waals surface area contributed by atoms with Crippen LogP contribution < -0.4 is 0 Å². The van der Waals surface area contributed by atoms with Gasteiger partial charge in [-0.05, 0) is 0 Å². The first-order valence-corrected chi connectivity index (χ1v) is 5.47. The van der Waals surface area contributed by atoms with E-state index in [2.05, 4.69) is 32.8 Å². The average molecular weight is 230 g/mol. The molecule has 0 radical (unpaired) electrons. The fourth-order valence-electron chi connectivity index (χ4n) is 0.800. The van der Waals surface area contributed by atoms with Crippen LogP contribution in [0.2, 0.25) is 0 Å². The summed E-state index contributed by atoms with van der Waals surface area (Å²) in [5.74, 6) is 2.54. The van der Waals surface area contributed by atoms with E-state index in [1.165, 1.54) is 11.7 Å². The molecule has 0 bridgehead atoms. The van der Waals surface area contributed by atoms with Crippen molar-refractivity contribution >= 4 is 11.7 Å². The summed E-state index contributed by atoms with van der Waals surface area (Å²) >= 11 is 0. The molecule has 0 N–H and O–H groups in total. The summed E-state index contributed by atoms with van der Waals surface area (Å²) in [6, 6.07) is 0. The minimum Gasteiger partial charge on any atom is -0.271 e. The van der Waals surface area contributed by atoms with Crippen molar-refractivity contribution in [2.75, 3.05) is 56.4 Å². The molecule has 96 valence electrons. The van der Waals surface area contributed by atoms with Crippen LogP contribution in [0.1, 0.15) is 13.8 Å². The molecule has 0 aliphatic carbocycles. The molecule has 0 aliphatic heterocycles. The molecule has 0 amide bonds. The van der Waals surface area contributed by atoms with E-state index in [0.717, 1.165) is 0 Å². The summed E-state index contributed by atoms with van der Waals surface area (Å²) in [6.07, 6.45) is 0. The largest absolute Gasteiger partial charge is 0.271 e. The Morgan fingerprint density at radius 3 is 0.812 bits per heavy atom. The Balaban J connectivity index is 0. The molecule has 0 aromatic rings. The quantitative estimate of drug-likeness (QED) is 0.341. The van der Waals surface area contributed by atoms with Crippen LogP contribution in [0.25, 0.3) is 0 Å². The van der Waals surface area contributed by atoms with Gasteiger partial charge in [0.15, 0.2) is 0 Å². The van der Waals surface area contributed by atoms with Crippen molar-refractivity contribution in [1.82, 2.24) is 9.80 Å². The molecule has 0 atom stereocenters. The first-order valence-electron chi connectivity index (χ1n) is 5.47. The second kappa shape index (κ2) is 8.13. The molecule has 0 aromatic heterocycles. The van der Waals surface area contributed by atoms with Gasteiger partial charge in [-0.2, -0.15) is 0 Å². The molecule has 4 heteroatoms. The summed E-state index contributed by atoms with van der Waals surface area (Å²) in [7, 11) is 16.3. The third-order valence-corrected chi connectivity index (χ3v) is 2.59. The zero-order valence-electron chi connectivity index (χ0n) is 12.8. The molecular formula is C12H30N4+2. The zero-order chi connectivity index (χ0) is 13.5. The molecule has 16 heavy (non-hydrogen) atoms. The third kappa shape index (κ3) is 8.26. The Kier molecular flexibility index (Phi) is 8.81. The molecular weight excluding hydrogens is 200 g/mol. The Labute approximate surface area is 101 Å². The van der Waals surface area contributed by atoms with Crippen LogP contribution in [0.15, 0.2) is 0 Å². The number of nitrogens with zero attached hydrogens (tertiary/aromatic N) is 4. The monoisotopic (exact) mass is 230 g/mol. The van der Waals surface area contributed by atoms with Gasteiger partial charge in [-0.1, -0.05) is 0 Å². The van der Waals surface area contributed by atoms with E-state index < -0.39 is 0 Å². The highest BCUT2D eigenvalue weighted by Gasteiger charge is 2.00. The fourth-order valence-corrected chi connectivity index (χ4v) is 0.800. The first-order chi connectivity index (χ1) is 7.11. The molecule has 0 aromatic carbocycles. The van der Waals surface area contributed by atoms with Crippen molar-refractivity contribution in [2.24, 2.45) is 0 Å². The Bertz CT molecular complexity index is 226. The number of hydrogen-bond acceptors (Lipinski definition) is 0. The van der Waals surface area contributed by atoms with Gasteiger partial charge in [-0.25, -0.2) is 0 Å². The van der Waals surface area contributed by atoms with E-state index in [1.807, 2.05) is 56.4 Å². The molecule has 0 fully saturated rings. The number of hydrogen-bond donors (Lipinski definition) is 0. The minimum atomic E-state index is 1.27. The summed E-state index contributed by atoms with van der Waals surface area (Å²) in [6.45, 7) is 4.17. The highest BCUT2D eigenvalue weighted by molar-refractivity contribution is 5.74. The summed E-state index contributed by atoms with van der Waals surface area (Å²) in [5, 5.41) is 0. The van der Waals surface area contributed by atoms with Crippen molar-refractivity contribution in [3.05, 3.63) is 0 Å². The van der Waals surface area contributed by atoms with Gasteiger partial charge in [0.25, 0.3) is 0 Å². The fraction of sp³-hybridized carbons (Fsp3) is 0.833. The van der Waals surface area contributed by atoms with Gasteiger partial charge >= 0.3 is 0 Å². The maximum atomic E-state index is 2.08. The lowest BCUT2D eigenvalue weighted by molar-refractivity contribution is -0.470. The number of amidine groups is 2. The van der Waals surface area contributed by atoms with Crippen molar-refractivity contribution in [3.63, 3.8) is 0 Å². The van der Waals surface area contributed by atoms with Crippen LogP contribution in [0.5, 0.6) is 0 Å². The van der Waals surface area contributed by atoms with Gasteiger partial charge in [-0.3, -0.25) is 19.0 Å². The van der Waals surface area contributed by atoms with E-state index in [-0.39, 0.29) is 0 Å². The van der Waals surface area contributed by atoms with Crippen LogP contribution in [0.3, 0.4) is 0 Å². The molecule has 0 heterocycles. The lowest BCUT2D eigenvalue weighted by Crippen LogP contribution is -2.26. The van der Waals surface area contributed by atoms with Crippen LogP contribution in [-0.2, 0) is 0 Å². The molecule has 0 aliphatic rings. The van der Waals surface area contributed by atoms with Crippen LogP contribution >= 0.6 is 0 Å². The van der Waals surface area contributed by atoms with Gasteiger partial charge < -0.3 is 0 Å². The summed E-state index contributed by atoms with van der Waals surface area (Å²) in [4.78, 5) is 4.17. The highest BCUT2D eigenvalue weighted by atomic mass is 15.2. The second-order valence-electron chi connectivity index (χ2n) is 4.67. The molecule has 0 rings (SSSR count). The zero-order valence-corrected chi connectivity index (χ0v) is 12.8. The smallest absolute Gasteiger partial charge is 0.242 e. The van der Waals surface area contributed by atoms with E-state index in [1.54, 1.807) is 0 Å². The minimum absolute atomic E-state index is 1.27. The summed E-state index contributed by atoms with van der Waals surface area (Å²) < 4.78 is 4.17. The molecule has 0 unspecified atom stereocenters. The Hall–Kier alpha value is -1.06. The first kappa shape index (κ1) is 17.3. The lowest BCUT2D eigenvalue weighted by Gasteiger charge is -2.04. The van der Waals surface area contributed by atoms with Crippen molar-refractivity contribution in [3.8, 4) is 0 Å². The van der Waals surface area contributed by atoms with Gasteiger partial charge in [-0.15, -0.1) is 0 Å². The van der Waals surface area contributed by atoms with Gasteiger partial charge in [0.05, 0.1) is 56.4 Å². The van der Waals surface area contributed by atoms with Crippen molar-refractivity contribution < 1.29 is 9.15 Å². The van der Waals surface area contributed by atoms with Crippen LogP contribution in [-0.4, -0.2) is 87.0 Å². The van der Waals surface area contributed by atoms with Crippen LogP contribution in [0, 0.1) is 0 Å². The van der Waals surface area contributed by atoms with Gasteiger partial charge in [0.2, 0.25) is 11.7 Å². The van der Waals surface area contributed by atoms with E-state index in [0.29, 0.717) is 0 Å². The molecule has 4 nitrogen and oxygen atoms in total. The van der Waals surface area contributed by atoms with E-state index in [9.17, 15) is 0 Å². The lowest BCUT2D eigenvalue weighted by atomic mass is 10.6. The normalized spacial score (nSPS) is 8.62. The van der Waals surface area contributed by atoms with Gasteiger partial charge in [0, 0.05) is 13.8 Å². The predicted octanol–water partition coefficient (Wildman–Crippen LogP) is 0.477. The number of rotatable bonds is 0. The Morgan fingerprint density at radius 1 is 0.625 bits per heavy atom. The Morgan fingerprint density at radius 2 is 0.812 bits per heavy atom. The van der Waals surface area contributed by atoms with E-state index >= 15 is 0 Å². The summed E-state index contributed by atoms with van der Waals surface area (Å²) in [5.41, 5.74) is 0. The molecule has 0 spiro atoms. The maximum Gasteiger partial charge on any atom is 0.242 e. The predicted molar refractivity (Wildman–Crippen MR) is 73.0 cm³/mol. The van der Waals surface area contributed by atoms with Crippen LogP contribution in [0.4, 0.5) is 0 Å². The topological polar surface area (TPSA) is 12.5 Å². The SMILES string of the molecule is CC(N(C)C)=[N+](C)C.CC(N(C)C)=[N+](C)C. The molecule has 0 saturated heterocycles. The highest BCUT2D eigenvalue weighted by Crippen LogP contribution is 1.77. The third-order valence-electron chi connectivity index (χ3n) is 2.59.